The lowest BCUT2D eigenvalue weighted by Crippen LogP contribution is -2.50. The zero-order valence-electron chi connectivity index (χ0n) is 19.2. The summed E-state index contributed by atoms with van der Waals surface area (Å²) in [6.45, 7) is 8.15. The van der Waals surface area contributed by atoms with Crippen LogP contribution in [0.2, 0.25) is 0 Å². The molecule has 0 bridgehead atoms. The van der Waals surface area contributed by atoms with Gasteiger partial charge >= 0.3 is 0 Å². The SMILES string of the molecule is Cc1cc(NC(=O)CN2CCN(C(=O)CCNS(=O)(=O)c3ccc(C(C)C)cc3)CC2)no1. The Kier molecular flexibility index (Phi) is 8.22. The van der Waals surface area contributed by atoms with Gasteiger partial charge in [0.1, 0.15) is 5.76 Å². The van der Waals surface area contributed by atoms with Crippen LogP contribution in [0.3, 0.4) is 0 Å². The quantitative estimate of drug-likeness (QED) is 0.561. The van der Waals surface area contributed by atoms with Crippen molar-refractivity contribution < 1.29 is 22.5 Å². The highest BCUT2D eigenvalue weighted by molar-refractivity contribution is 7.89. The smallest absolute Gasteiger partial charge is 0.240 e. The van der Waals surface area contributed by atoms with Crippen molar-refractivity contribution in [3.05, 3.63) is 41.7 Å². The van der Waals surface area contributed by atoms with Gasteiger partial charge in [-0.15, -0.1) is 0 Å². The summed E-state index contributed by atoms with van der Waals surface area (Å²) in [5.74, 6) is 1.00. The van der Waals surface area contributed by atoms with Gasteiger partial charge in [0.15, 0.2) is 5.82 Å². The molecule has 2 amide bonds. The first-order valence-electron chi connectivity index (χ1n) is 11.0. The Balaban J connectivity index is 1.38. The molecule has 1 aromatic heterocycles. The molecule has 33 heavy (non-hydrogen) atoms. The molecule has 0 aliphatic carbocycles. The average molecular weight is 478 g/mol. The summed E-state index contributed by atoms with van der Waals surface area (Å²) < 4.78 is 32.3. The molecule has 1 fully saturated rings. The van der Waals surface area contributed by atoms with E-state index in [4.69, 9.17) is 4.52 Å². The Hall–Kier alpha value is -2.76. The van der Waals surface area contributed by atoms with Gasteiger partial charge in [0, 0.05) is 45.2 Å². The van der Waals surface area contributed by atoms with E-state index in [1.54, 1.807) is 42.2 Å². The number of amides is 2. The van der Waals surface area contributed by atoms with E-state index in [9.17, 15) is 18.0 Å². The monoisotopic (exact) mass is 477 g/mol. The second kappa shape index (κ2) is 10.9. The predicted octanol–water partition coefficient (Wildman–Crippen LogP) is 1.56. The minimum Gasteiger partial charge on any atom is -0.360 e. The number of hydrogen-bond acceptors (Lipinski definition) is 7. The Labute approximate surface area is 194 Å². The summed E-state index contributed by atoms with van der Waals surface area (Å²) in [7, 11) is -3.66. The summed E-state index contributed by atoms with van der Waals surface area (Å²) in [5.41, 5.74) is 1.06. The van der Waals surface area contributed by atoms with Gasteiger partial charge in [0.05, 0.1) is 11.4 Å². The van der Waals surface area contributed by atoms with E-state index in [2.05, 4.69) is 15.2 Å². The van der Waals surface area contributed by atoms with Crippen LogP contribution in [0.4, 0.5) is 5.82 Å². The number of nitrogens with one attached hydrogen (secondary N) is 2. The number of sulfonamides is 1. The van der Waals surface area contributed by atoms with Crippen molar-refractivity contribution in [2.75, 3.05) is 44.6 Å². The van der Waals surface area contributed by atoms with Crippen LogP contribution < -0.4 is 10.0 Å². The molecule has 0 radical (unpaired) electrons. The van der Waals surface area contributed by atoms with Crippen LogP contribution in [0.15, 0.2) is 39.8 Å². The third kappa shape index (κ3) is 7.11. The van der Waals surface area contributed by atoms with E-state index in [1.165, 1.54) is 0 Å². The van der Waals surface area contributed by atoms with Crippen molar-refractivity contribution in [3.63, 3.8) is 0 Å². The van der Waals surface area contributed by atoms with Gasteiger partial charge in [-0.3, -0.25) is 14.5 Å². The minimum absolute atomic E-state index is 0.0346. The highest BCUT2D eigenvalue weighted by Gasteiger charge is 2.23. The number of nitrogens with zero attached hydrogens (tertiary/aromatic N) is 3. The van der Waals surface area contributed by atoms with E-state index < -0.39 is 10.0 Å². The third-order valence-electron chi connectivity index (χ3n) is 5.48. The van der Waals surface area contributed by atoms with Gasteiger partial charge < -0.3 is 14.7 Å². The fourth-order valence-electron chi connectivity index (χ4n) is 3.53. The maximum atomic E-state index is 12.5. The molecule has 0 unspecified atom stereocenters. The number of carbonyl (C=O) groups excluding carboxylic acids is 2. The molecule has 1 aromatic carbocycles. The van der Waals surface area contributed by atoms with Crippen LogP contribution in [0, 0.1) is 6.92 Å². The lowest BCUT2D eigenvalue weighted by Gasteiger charge is -2.34. The number of benzene rings is 1. The molecular formula is C22H31N5O5S. The van der Waals surface area contributed by atoms with Crippen LogP contribution in [0.25, 0.3) is 0 Å². The van der Waals surface area contributed by atoms with Crippen LogP contribution >= 0.6 is 0 Å². The molecule has 0 spiro atoms. The van der Waals surface area contributed by atoms with E-state index in [0.29, 0.717) is 43.7 Å². The Morgan fingerprint density at radius 3 is 2.36 bits per heavy atom. The maximum Gasteiger partial charge on any atom is 0.240 e. The molecule has 10 nitrogen and oxygen atoms in total. The number of piperazine rings is 1. The van der Waals surface area contributed by atoms with Gasteiger partial charge in [-0.25, -0.2) is 13.1 Å². The number of aromatic nitrogens is 1. The summed E-state index contributed by atoms with van der Waals surface area (Å²) >= 11 is 0. The van der Waals surface area contributed by atoms with Gasteiger partial charge in [0.2, 0.25) is 21.8 Å². The average Bonchev–Trinajstić information content (AvgIpc) is 3.18. The van der Waals surface area contributed by atoms with E-state index in [-0.39, 0.29) is 36.2 Å². The van der Waals surface area contributed by atoms with Gasteiger partial charge in [0.25, 0.3) is 0 Å². The molecular weight excluding hydrogens is 446 g/mol. The number of anilines is 1. The van der Waals surface area contributed by atoms with Gasteiger partial charge in [-0.2, -0.15) is 0 Å². The van der Waals surface area contributed by atoms with Gasteiger partial charge in [-0.05, 0) is 30.5 Å². The number of rotatable bonds is 9. The molecule has 1 saturated heterocycles. The number of aryl methyl sites for hydroxylation is 1. The molecule has 1 aliphatic heterocycles. The largest absolute Gasteiger partial charge is 0.360 e. The molecule has 180 valence electrons. The molecule has 0 atom stereocenters. The maximum absolute atomic E-state index is 12.5. The normalized spacial score (nSPS) is 15.1. The fourth-order valence-corrected chi connectivity index (χ4v) is 4.56. The Bertz CT molecular complexity index is 1060. The fraction of sp³-hybridized carbons (Fsp3) is 0.500. The second-order valence-corrected chi connectivity index (χ2v) is 10.2. The lowest BCUT2D eigenvalue weighted by atomic mass is 10.0. The highest BCUT2D eigenvalue weighted by atomic mass is 32.2. The summed E-state index contributed by atoms with van der Waals surface area (Å²) in [5, 5.41) is 6.41. The predicted molar refractivity (Wildman–Crippen MR) is 123 cm³/mol. The molecule has 1 aliphatic rings. The minimum atomic E-state index is -3.66. The standard InChI is InChI=1S/C22H31N5O5S/c1-16(2)18-4-6-19(7-5-18)33(30,31)23-9-8-22(29)27-12-10-26(11-13-27)15-21(28)24-20-14-17(3)32-25-20/h4-7,14,16,23H,8-13,15H2,1-3H3,(H,24,25,28). The van der Waals surface area contributed by atoms with Crippen LogP contribution in [-0.2, 0) is 19.6 Å². The first kappa shape index (κ1) is 24.9. The Morgan fingerprint density at radius 2 is 1.79 bits per heavy atom. The summed E-state index contributed by atoms with van der Waals surface area (Å²) in [6.07, 6.45) is 0.0787. The molecule has 3 rings (SSSR count). The summed E-state index contributed by atoms with van der Waals surface area (Å²) in [6, 6.07) is 8.41. The topological polar surface area (TPSA) is 125 Å². The third-order valence-corrected chi connectivity index (χ3v) is 6.95. The van der Waals surface area contributed by atoms with Crippen molar-refractivity contribution in [1.29, 1.82) is 0 Å². The van der Waals surface area contributed by atoms with Crippen molar-refractivity contribution >= 4 is 27.7 Å². The molecule has 11 heteroatoms. The molecule has 2 heterocycles. The van der Waals surface area contributed by atoms with Crippen molar-refractivity contribution in [2.24, 2.45) is 0 Å². The van der Waals surface area contributed by atoms with E-state index >= 15 is 0 Å². The van der Waals surface area contributed by atoms with E-state index in [1.807, 2.05) is 18.7 Å². The zero-order valence-corrected chi connectivity index (χ0v) is 20.0. The molecule has 2 aromatic rings. The summed E-state index contributed by atoms with van der Waals surface area (Å²) in [4.78, 5) is 28.5. The van der Waals surface area contributed by atoms with Gasteiger partial charge in [-0.1, -0.05) is 31.1 Å². The molecule has 0 saturated carbocycles. The number of hydrogen-bond donors (Lipinski definition) is 2. The van der Waals surface area contributed by atoms with E-state index in [0.717, 1.165) is 5.56 Å². The first-order valence-corrected chi connectivity index (χ1v) is 12.5. The van der Waals surface area contributed by atoms with Crippen LogP contribution in [0.1, 0.15) is 37.5 Å². The van der Waals surface area contributed by atoms with Crippen LogP contribution in [-0.4, -0.2) is 74.5 Å². The highest BCUT2D eigenvalue weighted by Crippen LogP contribution is 2.17. The second-order valence-electron chi connectivity index (χ2n) is 8.40. The molecule has 2 N–H and O–H groups in total. The van der Waals surface area contributed by atoms with Crippen molar-refractivity contribution in [1.82, 2.24) is 19.7 Å². The number of carbonyl (C=O) groups is 2. The van der Waals surface area contributed by atoms with Crippen molar-refractivity contribution in [2.45, 2.75) is 38.0 Å². The first-order chi connectivity index (χ1) is 15.6. The van der Waals surface area contributed by atoms with Crippen molar-refractivity contribution in [3.8, 4) is 0 Å². The lowest BCUT2D eigenvalue weighted by molar-refractivity contribution is -0.132. The van der Waals surface area contributed by atoms with Crippen LogP contribution in [0.5, 0.6) is 0 Å². The Morgan fingerprint density at radius 1 is 1.12 bits per heavy atom. The zero-order chi connectivity index (χ0) is 24.0.